The van der Waals surface area contributed by atoms with E-state index in [1.165, 1.54) is 14.4 Å². The number of benzene rings is 1. The molecule has 7 nitrogen and oxygen atoms in total. The largest absolute Gasteiger partial charge is 0.367 e. The van der Waals surface area contributed by atoms with Crippen molar-refractivity contribution in [2.24, 2.45) is 7.05 Å². The maximum absolute atomic E-state index is 12.5. The third kappa shape index (κ3) is 4.05. The zero-order chi connectivity index (χ0) is 18.7. The van der Waals surface area contributed by atoms with Gasteiger partial charge in [-0.3, -0.25) is 4.79 Å². The molecule has 1 aliphatic heterocycles. The highest BCUT2D eigenvalue weighted by Crippen LogP contribution is 2.23. The number of piperazine rings is 1. The molecule has 0 saturated carbocycles. The van der Waals surface area contributed by atoms with E-state index >= 15 is 0 Å². The molecule has 138 valence electrons. The Morgan fingerprint density at radius 1 is 1.12 bits per heavy atom. The van der Waals surface area contributed by atoms with Crippen LogP contribution < -0.4 is 10.5 Å². The molecule has 1 aromatic heterocycles. The summed E-state index contributed by atoms with van der Waals surface area (Å²) in [5.41, 5.74) is 1.30. The first-order valence-electron chi connectivity index (χ1n) is 8.08. The summed E-state index contributed by atoms with van der Waals surface area (Å²) in [6, 6.07) is 9.31. The Morgan fingerprint density at radius 3 is 2.42 bits per heavy atom. The molecule has 0 atom stereocenters. The lowest BCUT2D eigenvalue weighted by molar-refractivity contribution is 0.389. The Bertz CT molecular complexity index is 965. The number of aryl methyl sites for hydroxylation is 1. The number of halogens is 1. The summed E-state index contributed by atoms with van der Waals surface area (Å²) < 4.78 is 28.2. The van der Waals surface area contributed by atoms with Gasteiger partial charge in [-0.25, -0.2) is 13.1 Å². The zero-order valence-corrected chi connectivity index (χ0v) is 16.6. The van der Waals surface area contributed by atoms with E-state index in [9.17, 15) is 13.2 Å². The van der Waals surface area contributed by atoms with Gasteiger partial charge in [0.25, 0.3) is 5.56 Å². The van der Waals surface area contributed by atoms with Gasteiger partial charge in [-0.1, -0.05) is 30.3 Å². The van der Waals surface area contributed by atoms with Gasteiger partial charge < -0.3 is 4.90 Å². The van der Waals surface area contributed by atoms with Crippen molar-refractivity contribution in [2.75, 3.05) is 31.1 Å². The van der Waals surface area contributed by atoms with Gasteiger partial charge in [0.05, 0.1) is 11.9 Å². The second kappa shape index (κ2) is 7.73. The van der Waals surface area contributed by atoms with Crippen molar-refractivity contribution in [3.05, 3.63) is 62.3 Å². The second-order valence-electron chi connectivity index (χ2n) is 5.92. The van der Waals surface area contributed by atoms with Gasteiger partial charge in [0, 0.05) is 38.6 Å². The van der Waals surface area contributed by atoms with Gasteiger partial charge in [-0.15, -0.1) is 0 Å². The Balaban J connectivity index is 1.69. The molecule has 0 spiro atoms. The van der Waals surface area contributed by atoms with Gasteiger partial charge in [0.1, 0.15) is 4.47 Å². The summed E-state index contributed by atoms with van der Waals surface area (Å²) in [5, 5.41) is 5.28. The highest BCUT2D eigenvalue weighted by Gasteiger charge is 2.26. The second-order valence-corrected chi connectivity index (χ2v) is 8.53. The van der Waals surface area contributed by atoms with E-state index in [1.807, 2.05) is 35.2 Å². The quantitative estimate of drug-likeness (QED) is 0.725. The molecular weight excluding hydrogens is 420 g/mol. The third-order valence-corrected chi connectivity index (χ3v) is 6.54. The van der Waals surface area contributed by atoms with Gasteiger partial charge >= 0.3 is 0 Å². The number of aromatic nitrogens is 2. The predicted molar refractivity (Wildman–Crippen MR) is 105 cm³/mol. The third-order valence-electron chi connectivity index (χ3n) is 4.23. The van der Waals surface area contributed by atoms with Gasteiger partial charge in [0.15, 0.2) is 0 Å². The summed E-state index contributed by atoms with van der Waals surface area (Å²) in [6.45, 7) is 1.68. The SMILES string of the molecule is Cn1ncc(N2CCN(S(=O)(=O)/C=C/c3ccccc3)CC2)c(Br)c1=O. The number of hydrogen-bond donors (Lipinski definition) is 0. The molecule has 2 aromatic rings. The molecule has 0 N–H and O–H groups in total. The fraction of sp³-hybridized carbons (Fsp3) is 0.294. The van der Waals surface area contributed by atoms with Crippen LogP contribution in [0.3, 0.4) is 0 Å². The molecule has 3 rings (SSSR count). The minimum atomic E-state index is -3.48. The van der Waals surface area contributed by atoms with Crippen LogP contribution >= 0.6 is 15.9 Å². The van der Waals surface area contributed by atoms with E-state index in [0.717, 1.165) is 5.56 Å². The van der Waals surface area contributed by atoms with Crippen LogP contribution in [0.15, 0.2) is 51.2 Å². The van der Waals surface area contributed by atoms with Crippen LogP contribution in [0.2, 0.25) is 0 Å². The Kier molecular flexibility index (Phi) is 5.59. The standard InChI is InChI=1S/C17H19BrN4O3S/c1-20-17(23)16(18)15(13-19-20)21-8-10-22(11-9-21)26(24,25)12-7-14-5-3-2-4-6-14/h2-7,12-13H,8-11H2,1H3/b12-7+. The topological polar surface area (TPSA) is 75.5 Å². The lowest BCUT2D eigenvalue weighted by Gasteiger charge is -2.34. The van der Waals surface area contributed by atoms with Gasteiger partial charge in [0.2, 0.25) is 10.0 Å². The molecule has 0 unspecified atom stereocenters. The highest BCUT2D eigenvalue weighted by atomic mass is 79.9. The molecule has 9 heteroatoms. The molecular formula is C17H19BrN4O3S. The fourth-order valence-corrected chi connectivity index (χ4v) is 4.50. The van der Waals surface area contributed by atoms with Crippen LogP contribution in [0, 0.1) is 0 Å². The average Bonchev–Trinajstić information content (AvgIpc) is 2.66. The Morgan fingerprint density at radius 2 is 1.77 bits per heavy atom. The molecule has 0 bridgehead atoms. The van der Waals surface area contributed by atoms with E-state index in [1.54, 1.807) is 19.3 Å². The smallest absolute Gasteiger partial charge is 0.282 e. The minimum absolute atomic E-state index is 0.219. The number of nitrogens with zero attached hydrogens (tertiary/aromatic N) is 4. The van der Waals surface area contributed by atoms with Crippen LogP contribution in [0.5, 0.6) is 0 Å². The summed E-state index contributed by atoms with van der Waals surface area (Å²) in [5.74, 6) is 0. The monoisotopic (exact) mass is 438 g/mol. The van der Waals surface area contributed by atoms with Crippen molar-refractivity contribution < 1.29 is 8.42 Å². The summed E-state index contributed by atoms with van der Waals surface area (Å²) in [6.07, 6.45) is 3.22. The molecule has 0 radical (unpaired) electrons. The normalized spacial score (nSPS) is 16.3. The van der Waals surface area contributed by atoms with Crippen LogP contribution in [0.25, 0.3) is 6.08 Å². The molecule has 1 aromatic carbocycles. The van der Waals surface area contributed by atoms with E-state index in [2.05, 4.69) is 21.0 Å². The molecule has 1 saturated heterocycles. The summed E-state index contributed by atoms with van der Waals surface area (Å²) in [4.78, 5) is 14.0. The highest BCUT2D eigenvalue weighted by molar-refractivity contribution is 9.10. The first-order valence-corrected chi connectivity index (χ1v) is 10.4. The lowest BCUT2D eigenvalue weighted by Crippen LogP contribution is -2.48. The van der Waals surface area contributed by atoms with Crippen molar-refractivity contribution in [1.29, 1.82) is 0 Å². The molecule has 1 aliphatic rings. The maximum atomic E-state index is 12.5. The number of sulfonamides is 1. The first kappa shape index (κ1) is 18.8. The molecule has 0 amide bonds. The first-order chi connectivity index (χ1) is 12.4. The van der Waals surface area contributed by atoms with Crippen molar-refractivity contribution in [3.8, 4) is 0 Å². The Hall–Kier alpha value is -1.97. The molecule has 26 heavy (non-hydrogen) atoms. The summed E-state index contributed by atoms with van der Waals surface area (Å²) >= 11 is 3.31. The molecule has 2 heterocycles. The van der Waals surface area contributed by atoms with Crippen LogP contribution in [0.4, 0.5) is 5.69 Å². The lowest BCUT2D eigenvalue weighted by atomic mass is 10.2. The number of hydrogen-bond acceptors (Lipinski definition) is 5. The average molecular weight is 439 g/mol. The van der Waals surface area contributed by atoms with Crippen molar-refractivity contribution >= 4 is 37.7 Å². The molecule has 1 fully saturated rings. The van der Waals surface area contributed by atoms with Crippen LogP contribution in [-0.4, -0.2) is 48.7 Å². The summed E-state index contributed by atoms with van der Waals surface area (Å²) in [7, 11) is -1.90. The maximum Gasteiger partial charge on any atom is 0.282 e. The zero-order valence-electron chi connectivity index (χ0n) is 14.2. The van der Waals surface area contributed by atoms with Crippen LogP contribution in [0.1, 0.15) is 5.56 Å². The van der Waals surface area contributed by atoms with E-state index < -0.39 is 10.0 Å². The minimum Gasteiger partial charge on any atom is -0.367 e. The fourth-order valence-electron chi connectivity index (χ4n) is 2.72. The number of rotatable bonds is 4. The number of anilines is 1. The van der Waals surface area contributed by atoms with E-state index in [-0.39, 0.29) is 5.56 Å². The Labute approximate surface area is 160 Å². The van der Waals surface area contributed by atoms with Crippen molar-refractivity contribution in [1.82, 2.24) is 14.1 Å². The van der Waals surface area contributed by atoms with Crippen molar-refractivity contribution in [3.63, 3.8) is 0 Å². The predicted octanol–water partition coefficient (Wildman–Crippen LogP) is 1.67. The van der Waals surface area contributed by atoms with Gasteiger partial charge in [-0.2, -0.15) is 9.40 Å². The van der Waals surface area contributed by atoms with E-state index in [0.29, 0.717) is 36.3 Å². The van der Waals surface area contributed by atoms with E-state index in [4.69, 9.17) is 0 Å². The van der Waals surface area contributed by atoms with Crippen molar-refractivity contribution in [2.45, 2.75) is 0 Å². The molecule has 0 aliphatic carbocycles. The van der Waals surface area contributed by atoms with Gasteiger partial charge in [-0.05, 0) is 27.6 Å². The van der Waals surface area contributed by atoms with Crippen LogP contribution in [-0.2, 0) is 17.1 Å².